The highest BCUT2D eigenvalue weighted by atomic mass is 19.1. The molecule has 1 fully saturated rings. The number of hydrogen-bond donors (Lipinski definition) is 1. The molecule has 0 amide bonds. The fourth-order valence-corrected chi connectivity index (χ4v) is 2.10. The van der Waals surface area contributed by atoms with Gasteiger partial charge in [0.2, 0.25) is 0 Å². The van der Waals surface area contributed by atoms with Crippen molar-refractivity contribution in [3.8, 4) is 6.07 Å². The standard InChI is InChI=1S/C14H16F2N2/c1-14(2,10-3-4-10)18-8-11-12(15)5-9(7-17)6-13(11)16/h5-6,10,18H,3-4,8H2,1-2H3. The average Bonchev–Trinajstić information content (AvgIpc) is 3.11. The molecule has 2 nitrogen and oxygen atoms in total. The Morgan fingerprint density at radius 2 is 1.89 bits per heavy atom. The monoisotopic (exact) mass is 250 g/mol. The Kier molecular flexibility index (Phi) is 3.36. The normalized spacial score (nSPS) is 15.5. The lowest BCUT2D eigenvalue weighted by Gasteiger charge is -2.26. The van der Waals surface area contributed by atoms with Crippen molar-refractivity contribution >= 4 is 0 Å². The number of nitrogens with one attached hydrogen (secondary N) is 1. The molecule has 0 bridgehead atoms. The number of hydrogen-bond acceptors (Lipinski definition) is 2. The predicted molar refractivity (Wildman–Crippen MR) is 64.7 cm³/mol. The molecule has 0 unspecified atom stereocenters. The fraction of sp³-hybridized carbons (Fsp3) is 0.500. The van der Waals surface area contributed by atoms with Crippen molar-refractivity contribution in [3.63, 3.8) is 0 Å². The maximum atomic E-state index is 13.7. The van der Waals surface area contributed by atoms with Gasteiger partial charge in [-0.25, -0.2) is 8.78 Å². The summed E-state index contributed by atoms with van der Waals surface area (Å²) in [6.07, 6.45) is 2.33. The quantitative estimate of drug-likeness (QED) is 0.891. The lowest BCUT2D eigenvalue weighted by atomic mass is 9.98. The van der Waals surface area contributed by atoms with Gasteiger partial charge in [-0.2, -0.15) is 5.26 Å². The van der Waals surface area contributed by atoms with Gasteiger partial charge in [0.25, 0.3) is 0 Å². The van der Waals surface area contributed by atoms with E-state index in [9.17, 15) is 8.78 Å². The molecule has 1 aromatic rings. The highest BCUT2D eigenvalue weighted by Crippen LogP contribution is 2.39. The molecule has 1 aliphatic carbocycles. The van der Waals surface area contributed by atoms with Crippen molar-refractivity contribution in [1.29, 1.82) is 5.26 Å². The Morgan fingerprint density at radius 1 is 1.33 bits per heavy atom. The second-order valence-electron chi connectivity index (χ2n) is 5.38. The number of nitrogens with zero attached hydrogens (tertiary/aromatic N) is 1. The van der Waals surface area contributed by atoms with Crippen LogP contribution in [0.2, 0.25) is 0 Å². The van der Waals surface area contributed by atoms with Crippen LogP contribution in [0.25, 0.3) is 0 Å². The molecule has 1 aromatic carbocycles. The second kappa shape index (κ2) is 4.66. The zero-order valence-electron chi connectivity index (χ0n) is 10.6. The van der Waals surface area contributed by atoms with Crippen LogP contribution in [-0.2, 0) is 6.54 Å². The van der Waals surface area contributed by atoms with Gasteiger partial charge in [-0.3, -0.25) is 0 Å². The van der Waals surface area contributed by atoms with E-state index in [1.165, 1.54) is 12.8 Å². The van der Waals surface area contributed by atoms with E-state index in [4.69, 9.17) is 5.26 Å². The van der Waals surface area contributed by atoms with Gasteiger partial charge in [-0.15, -0.1) is 0 Å². The lowest BCUT2D eigenvalue weighted by molar-refractivity contribution is 0.333. The Labute approximate surface area is 106 Å². The number of nitriles is 1. The van der Waals surface area contributed by atoms with E-state index in [2.05, 4.69) is 5.32 Å². The van der Waals surface area contributed by atoms with E-state index in [0.29, 0.717) is 5.92 Å². The summed E-state index contributed by atoms with van der Waals surface area (Å²) >= 11 is 0. The van der Waals surface area contributed by atoms with Crippen LogP contribution < -0.4 is 5.32 Å². The number of halogens is 2. The molecule has 0 heterocycles. The van der Waals surface area contributed by atoms with Crippen LogP contribution >= 0.6 is 0 Å². The summed E-state index contributed by atoms with van der Waals surface area (Å²) < 4.78 is 27.3. The van der Waals surface area contributed by atoms with Crippen LogP contribution in [0.4, 0.5) is 8.78 Å². The van der Waals surface area contributed by atoms with Crippen molar-refractivity contribution in [2.75, 3.05) is 0 Å². The summed E-state index contributed by atoms with van der Waals surface area (Å²) in [5.41, 5.74) is -0.0924. The van der Waals surface area contributed by atoms with Crippen molar-refractivity contribution in [2.24, 2.45) is 5.92 Å². The van der Waals surface area contributed by atoms with E-state index in [1.807, 2.05) is 13.8 Å². The number of rotatable bonds is 4. The van der Waals surface area contributed by atoms with Crippen LogP contribution in [0.15, 0.2) is 12.1 Å². The van der Waals surface area contributed by atoms with Crippen molar-refractivity contribution in [2.45, 2.75) is 38.8 Å². The third kappa shape index (κ3) is 2.68. The topological polar surface area (TPSA) is 35.8 Å². The first kappa shape index (κ1) is 13.0. The van der Waals surface area contributed by atoms with Gasteiger partial charge in [-0.1, -0.05) is 0 Å². The van der Waals surface area contributed by atoms with Crippen LogP contribution in [0.3, 0.4) is 0 Å². The first-order valence-electron chi connectivity index (χ1n) is 6.07. The van der Waals surface area contributed by atoms with E-state index >= 15 is 0 Å². The van der Waals surface area contributed by atoms with Gasteiger partial charge in [0.1, 0.15) is 11.6 Å². The maximum Gasteiger partial charge on any atom is 0.131 e. The zero-order valence-corrected chi connectivity index (χ0v) is 10.6. The lowest BCUT2D eigenvalue weighted by Crippen LogP contribution is -2.41. The summed E-state index contributed by atoms with van der Waals surface area (Å²) in [6.45, 7) is 4.24. The summed E-state index contributed by atoms with van der Waals surface area (Å²) in [5, 5.41) is 11.8. The number of benzene rings is 1. The molecule has 2 rings (SSSR count). The summed E-state index contributed by atoms with van der Waals surface area (Å²) in [5.74, 6) is -0.738. The van der Waals surface area contributed by atoms with Crippen molar-refractivity contribution in [1.82, 2.24) is 5.32 Å². The van der Waals surface area contributed by atoms with Crippen LogP contribution in [0.1, 0.15) is 37.8 Å². The van der Waals surface area contributed by atoms with Crippen LogP contribution in [-0.4, -0.2) is 5.54 Å². The van der Waals surface area contributed by atoms with Crippen LogP contribution in [0, 0.1) is 28.9 Å². The molecule has 1 N–H and O–H groups in total. The predicted octanol–water partition coefficient (Wildman–Crippen LogP) is 3.11. The molecule has 1 aliphatic rings. The molecular formula is C14H16F2N2. The minimum absolute atomic E-state index is 0.00252. The molecule has 96 valence electrons. The molecule has 4 heteroatoms. The molecule has 18 heavy (non-hydrogen) atoms. The van der Waals surface area contributed by atoms with Gasteiger partial charge in [0, 0.05) is 17.6 Å². The largest absolute Gasteiger partial charge is 0.307 e. The third-order valence-electron chi connectivity index (χ3n) is 3.59. The molecule has 0 spiro atoms. The molecule has 0 aliphatic heterocycles. The Morgan fingerprint density at radius 3 is 2.33 bits per heavy atom. The van der Waals surface area contributed by atoms with E-state index in [0.717, 1.165) is 12.1 Å². The molecule has 0 aromatic heterocycles. The van der Waals surface area contributed by atoms with Gasteiger partial charge < -0.3 is 5.32 Å². The minimum Gasteiger partial charge on any atom is -0.307 e. The minimum atomic E-state index is -0.661. The first-order chi connectivity index (χ1) is 8.44. The zero-order chi connectivity index (χ0) is 13.3. The van der Waals surface area contributed by atoms with E-state index < -0.39 is 11.6 Å². The van der Waals surface area contributed by atoms with Gasteiger partial charge in [-0.05, 0) is 44.7 Å². The SMILES string of the molecule is CC(C)(NCc1c(F)cc(C#N)cc1F)C1CC1. The molecule has 0 atom stereocenters. The average molecular weight is 250 g/mol. The maximum absolute atomic E-state index is 13.7. The molecule has 0 radical (unpaired) electrons. The smallest absolute Gasteiger partial charge is 0.131 e. The Hall–Kier alpha value is -1.47. The highest BCUT2D eigenvalue weighted by molar-refractivity contribution is 5.34. The second-order valence-corrected chi connectivity index (χ2v) is 5.38. The third-order valence-corrected chi connectivity index (χ3v) is 3.59. The van der Waals surface area contributed by atoms with Crippen LogP contribution in [0.5, 0.6) is 0 Å². The van der Waals surface area contributed by atoms with Gasteiger partial charge >= 0.3 is 0 Å². The summed E-state index contributed by atoms with van der Waals surface area (Å²) in [6, 6.07) is 3.88. The molecular weight excluding hydrogens is 234 g/mol. The van der Waals surface area contributed by atoms with Crippen molar-refractivity contribution in [3.05, 3.63) is 34.9 Å². The molecule has 0 saturated heterocycles. The van der Waals surface area contributed by atoms with E-state index in [-0.39, 0.29) is 23.2 Å². The summed E-state index contributed by atoms with van der Waals surface area (Å²) in [7, 11) is 0. The van der Waals surface area contributed by atoms with Gasteiger partial charge in [0.15, 0.2) is 0 Å². The Bertz CT molecular complexity index is 476. The highest BCUT2D eigenvalue weighted by Gasteiger charge is 2.37. The molecule has 1 saturated carbocycles. The summed E-state index contributed by atoms with van der Waals surface area (Å²) in [4.78, 5) is 0. The fourth-order valence-electron chi connectivity index (χ4n) is 2.10. The Balaban J connectivity index is 2.12. The van der Waals surface area contributed by atoms with Crippen molar-refractivity contribution < 1.29 is 8.78 Å². The first-order valence-corrected chi connectivity index (χ1v) is 6.07. The van der Waals surface area contributed by atoms with E-state index in [1.54, 1.807) is 6.07 Å². The van der Waals surface area contributed by atoms with Gasteiger partial charge in [0.05, 0.1) is 11.6 Å².